The fraction of sp³-hybridized carbons (Fsp3) is 0.417. The maximum atomic E-state index is 4.02. The van der Waals surface area contributed by atoms with Gasteiger partial charge in [0, 0.05) is 18.0 Å². The van der Waals surface area contributed by atoms with Crippen molar-refractivity contribution in [3.05, 3.63) is 30.0 Å². The van der Waals surface area contributed by atoms with E-state index < -0.39 is 0 Å². The van der Waals surface area contributed by atoms with Crippen LogP contribution >= 0.6 is 12.4 Å². The van der Waals surface area contributed by atoms with Gasteiger partial charge < -0.3 is 5.32 Å². The number of hydrogen-bond acceptors (Lipinski definition) is 2. The predicted octanol–water partition coefficient (Wildman–Crippen LogP) is 2.48. The second kappa shape index (κ2) is 4.44. The summed E-state index contributed by atoms with van der Waals surface area (Å²) in [7, 11) is 0. The molecule has 1 aliphatic carbocycles. The number of halogens is 1. The molecule has 1 saturated carbocycles. The van der Waals surface area contributed by atoms with Crippen LogP contribution in [0.3, 0.4) is 0 Å². The summed E-state index contributed by atoms with van der Waals surface area (Å²) in [5.41, 5.74) is 2.45. The summed E-state index contributed by atoms with van der Waals surface area (Å²) in [6.07, 6.45) is 3.18. The van der Waals surface area contributed by atoms with E-state index in [-0.39, 0.29) is 12.4 Å². The lowest BCUT2D eigenvalue weighted by Crippen LogP contribution is -2.16. The Morgan fingerprint density at radius 3 is 3.06 bits per heavy atom. The third-order valence-corrected chi connectivity index (χ3v) is 3.18. The number of H-pyrrole nitrogens is 1. The van der Waals surface area contributed by atoms with Crippen molar-refractivity contribution in [2.75, 3.05) is 0 Å². The van der Waals surface area contributed by atoms with Crippen LogP contribution in [0.4, 0.5) is 0 Å². The summed E-state index contributed by atoms with van der Waals surface area (Å²) < 4.78 is 0. The summed E-state index contributed by atoms with van der Waals surface area (Å²) in [5, 5.41) is 11.7. The number of nitrogens with one attached hydrogen (secondary N) is 2. The molecule has 0 amide bonds. The molecule has 1 heterocycles. The number of nitrogens with zero attached hydrogens (tertiary/aromatic N) is 1. The van der Waals surface area contributed by atoms with Gasteiger partial charge in [0.25, 0.3) is 0 Å². The molecule has 2 unspecified atom stereocenters. The van der Waals surface area contributed by atoms with Gasteiger partial charge >= 0.3 is 0 Å². The molecule has 1 aromatic carbocycles. The molecule has 1 aliphatic rings. The summed E-state index contributed by atoms with van der Waals surface area (Å²) in [4.78, 5) is 0. The lowest BCUT2D eigenvalue weighted by molar-refractivity contribution is 0.653. The number of aromatic nitrogens is 2. The smallest absolute Gasteiger partial charge is 0.0653 e. The molecule has 0 bridgehead atoms. The fourth-order valence-electron chi connectivity index (χ4n) is 1.95. The molecule has 0 radical (unpaired) electrons. The Labute approximate surface area is 101 Å². The summed E-state index contributed by atoms with van der Waals surface area (Å²) >= 11 is 0. The van der Waals surface area contributed by atoms with Gasteiger partial charge in [0.05, 0.1) is 11.7 Å². The van der Waals surface area contributed by atoms with Gasteiger partial charge in [0.1, 0.15) is 0 Å². The molecular weight excluding hydrogens is 222 g/mol. The Morgan fingerprint density at radius 2 is 2.31 bits per heavy atom. The van der Waals surface area contributed by atoms with E-state index in [2.05, 4.69) is 40.6 Å². The molecule has 16 heavy (non-hydrogen) atoms. The molecule has 3 nitrogen and oxygen atoms in total. The highest BCUT2D eigenvalue weighted by Gasteiger charge is 2.31. The van der Waals surface area contributed by atoms with Crippen molar-refractivity contribution in [2.24, 2.45) is 5.92 Å². The van der Waals surface area contributed by atoms with Crippen LogP contribution in [0.25, 0.3) is 10.9 Å². The van der Waals surface area contributed by atoms with Gasteiger partial charge in [-0.2, -0.15) is 5.10 Å². The van der Waals surface area contributed by atoms with Gasteiger partial charge in [0.15, 0.2) is 0 Å². The highest BCUT2D eigenvalue weighted by atomic mass is 35.5. The molecule has 1 aromatic heterocycles. The van der Waals surface area contributed by atoms with Gasteiger partial charge in [-0.1, -0.05) is 19.1 Å². The van der Waals surface area contributed by atoms with E-state index >= 15 is 0 Å². The first kappa shape index (κ1) is 11.4. The molecule has 86 valence electrons. The van der Waals surface area contributed by atoms with Crippen LogP contribution in [0.15, 0.2) is 24.4 Å². The van der Waals surface area contributed by atoms with Gasteiger partial charge in [-0.3, -0.25) is 5.10 Å². The van der Waals surface area contributed by atoms with E-state index in [1.807, 2.05) is 6.20 Å². The standard InChI is InChI=1S/C12H15N3.ClH/c1-8-4-11(8)13-6-9-2-3-10-7-14-15-12(10)5-9;/h2-3,5,7-8,11,13H,4,6H2,1H3,(H,14,15);1H. The molecule has 1 fully saturated rings. The quantitative estimate of drug-likeness (QED) is 0.861. The number of aromatic amines is 1. The molecular formula is C12H16ClN3. The first-order chi connectivity index (χ1) is 7.33. The Balaban J connectivity index is 0.000000963. The van der Waals surface area contributed by atoms with Crippen molar-refractivity contribution in [3.63, 3.8) is 0 Å². The van der Waals surface area contributed by atoms with Crippen molar-refractivity contribution < 1.29 is 0 Å². The van der Waals surface area contributed by atoms with Crippen molar-refractivity contribution in [1.29, 1.82) is 0 Å². The maximum absolute atomic E-state index is 4.02. The van der Waals surface area contributed by atoms with Gasteiger partial charge in [-0.15, -0.1) is 12.4 Å². The summed E-state index contributed by atoms with van der Waals surface area (Å²) in [6, 6.07) is 7.19. The summed E-state index contributed by atoms with van der Waals surface area (Å²) in [5.74, 6) is 0.862. The zero-order valence-electron chi connectivity index (χ0n) is 9.23. The lowest BCUT2D eigenvalue weighted by atomic mass is 10.1. The van der Waals surface area contributed by atoms with Gasteiger partial charge in [0.2, 0.25) is 0 Å². The van der Waals surface area contributed by atoms with Crippen molar-refractivity contribution in [2.45, 2.75) is 25.9 Å². The van der Waals surface area contributed by atoms with Crippen molar-refractivity contribution in [1.82, 2.24) is 15.5 Å². The Hall–Kier alpha value is -1.06. The highest BCUT2D eigenvalue weighted by molar-refractivity contribution is 5.85. The van der Waals surface area contributed by atoms with Crippen LogP contribution in [-0.4, -0.2) is 16.2 Å². The Bertz CT molecular complexity index is 480. The Kier molecular flexibility index (Phi) is 3.17. The maximum Gasteiger partial charge on any atom is 0.0653 e. The molecule has 2 atom stereocenters. The molecule has 0 saturated heterocycles. The van der Waals surface area contributed by atoms with Crippen LogP contribution in [-0.2, 0) is 6.54 Å². The number of rotatable bonds is 3. The molecule has 2 N–H and O–H groups in total. The topological polar surface area (TPSA) is 40.7 Å². The molecule has 0 spiro atoms. The first-order valence-corrected chi connectivity index (χ1v) is 5.48. The predicted molar refractivity (Wildman–Crippen MR) is 67.8 cm³/mol. The molecule has 2 aromatic rings. The van der Waals surface area contributed by atoms with Crippen LogP contribution in [0, 0.1) is 5.92 Å². The average Bonchev–Trinajstić information content (AvgIpc) is 2.78. The minimum atomic E-state index is 0. The molecule has 4 heteroatoms. The second-order valence-corrected chi connectivity index (χ2v) is 4.49. The van der Waals surface area contributed by atoms with Crippen LogP contribution in [0.2, 0.25) is 0 Å². The van der Waals surface area contributed by atoms with Crippen molar-refractivity contribution in [3.8, 4) is 0 Å². The van der Waals surface area contributed by atoms with E-state index in [4.69, 9.17) is 0 Å². The third kappa shape index (κ3) is 2.20. The zero-order valence-corrected chi connectivity index (χ0v) is 10.1. The minimum Gasteiger partial charge on any atom is -0.310 e. The van der Waals surface area contributed by atoms with E-state index in [9.17, 15) is 0 Å². The monoisotopic (exact) mass is 237 g/mol. The Morgan fingerprint density at radius 1 is 1.50 bits per heavy atom. The van der Waals surface area contributed by atoms with E-state index in [0.717, 1.165) is 24.0 Å². The van der Waals surface area contributed by atoms with Gasteiger partial charge in [-0.05, 0) is 24.0 Å². The van der Waals surface area contributed by atoms with Gasteiger partial charge in [-0.25, -0.2) is 0 Å². The van der Waals surface area contributed by atoms with Crippen molar-refractivity contribution >= 4 is 23.3 Å². The summed E-state index contributed by atoms with van der Waals surface area (Å²) in [6.45, 7) is 3.25. The minimum absolute atomic E-state index is 0. The zero-order chi connectivity index (χ0) is 10.3. The van der Waals surface area contributed by atoms with Crippen LogP contribution in [0.1, 0.15) is 18.9 Å². The third-order valence-electron chi connectivity index (χ3n) is 3.18. The number of fused-ring (bicyclic) bond motifs is 1. The number of hydrogen-bond donors (Lipinski definition) is 2. The first-order valence-electron chi connectivity index (χ1n) is 5.48. The van der Waals surface area contributed by atoms with Crippen LogP contribution in [0.5, 0.6) is 0 Å². The van der Waals surface area contributed by atoms with E-state index in [0.29, 0.717) is 0 Å². The van der Waals surface area contributed by atoms with Crippen LogP contribution < -0.4 is 5.32 Å². The fourth-order valence-corrected chi connectivity index (χ4v) is 1.95. The number of benzene rings is 1. The lowest BCUT2D eigenvalue weighted by Gasteiger charge is -2.03. The SMILES string of the molecule is CC1CC1NCc1ccc2cn[nH]c2c1.Cl. The average molecular weight is 238 g/mol. The largest absolute Gasteiger partial charge is 0.310 e. The highest BCUT2D eigenvalue weighted by Crippen LogP contribution is 2.29. The second-order valence-electron chi connectivity index (χ2n) is 4.49. The molecule has 3 rings (SSSR count). The molecule has 0 aliphatic heterocycles. The van der Waals surface area contributed by atoms with E-state index in [1.54, 1.807) is 0 Å². The van der Waals surface area contributed by atoms with E-state index in [1.165, 1.54) is 17.4 Å². The normalized spacial score (nSPS) is 23.1.